The summed E-state index contributed by atoms with van der Waals surface area (Å²) in [6.45, 7) is 3.95. The molecule has 1 N–H and O–H groups in total. The zero-order chi connectivity index (χ0) is 17.1. The van der Waals surface area contributed by atoms with Gasteiger partial charge in [0.15, 0.2) is 5.82 Å². The molecule has 1 aliphatic rings. The lowest BCUT2D eigenvalue weighted by molar-refractivity contribution is 0.0697. The van der Waals surface area contributed by atoms with Crippen LogP contribution in [0.25, 0.3) is 17.0 Å². The number of nitrogens with zero attached hydrogens (tertiary/aromatic N) is 2. The fourth-order valence-corrected chi connectivity index (χ4v) is 2.65. The average Bonchev–Trinajstić information content (AvgIpc) is 2.79. The van der Waals surface area contributed by atoms with Crippen molar-refractivity contribution in [1.29, 1.82) is 0 Å². The van der Waals surface area contributed by atoms with Crippen molar-refractivity contribution in [1.82, 2.24) is 9.97 Å². The first kappa shape index (κ1) is 15.9. The Balaban J connectivity index is 2.06. The van der Waals surface area contributed by atoms with E-state index in [0.29, 0.717) is 11.4 Å². The quantitative estimate of drug-likeness (QED) is 0.908. The van der Waals surface area contributed by atoms with Crippen molar-refractivity contribution >= 4 is 11.5 Å². The molecule has 0 atom stereocenters. The molecule has 1 heterocycles. The van der Waals surface area contributed by atoms with Crippen molar-refractivity contribution in [2.75, 3.05) is 0 Å². The molecule has 0 saturated carbocycles. The number of carbonyl (C=O) groups is 1. The third-order valence-corrected chi connectivity index (χ3v) is 3.79. The largest absolute Gasteiger partial charge is 0.478 e. The number of aromatic carboxylic acids is 1. The van der Waals surface area contributed by atoms with E-state index in [1.165, 1.54) is 5.57 Å². The minimum atomic E-state index is -0.953. The summed E-state index contributed by atoms with van der Waals surface area (Å²) >= 11 is 0. The van der Waals surface area contributed by atoms with Crippen LogP contribution in [-0.2, 0) is 0 Å². The topological polar surface area (TPSA) is 63.1 Å². The molecule has 0 saturated heterocycles. The Morgan fingerprint density at radius 1 is 1.21 bits per heavy atom. The molecule has 120 valence electrons. The van der Waals surface area contributed by atoms with Crippen LogP contribution in [0.3, 0.4) is 0 Å². The molecule has 24 heavy (non-hydrogen) atoms. The Morgan fingerprint density at radius 2 is 2.04 bits per heavy atom. The molecule has 4 nitrogen and oxygen atoms in total. The summed E-state index contributed by atoms with van der Waals surface area (Å²) < 4.78 is 0. The number of benzene rings is 1. The van der Waals surface area contributed by atoms with Crippen molar-refractivity contribution < 1.29 is 9.90 Å². The van der Waals surface area contributed by atoms with Gasteiger partial charge in [-0.2, -0.15) is 0 Å². The predicted molar refractivity (Wildman–Crippen MR) is 94.7 cm³/mol. The maximum absolute atomic E-state index is 11.3. The SMILES string of the molecule is CC1=CC(c2ccnc(-c3cc(C)cc(C(=O)O)c3)n2)=CC=CC1. The van der Waals surface area contributed by atoms with Gasteiger partial charge in [-0.25, -0.2) is 14.8 Å². The second-order valence-corrected chi connectivity index (χ2v) is 5.90. The number of aryl methyl sites for hydroxylation is 1. The van der Waals surface area contributed by atoms with Gasteiger partial charge < -0.3 is 5.11 Å². The molecule has 1 aromatic heterocycles. The lowest BCUT2D eigenvalue weighted by atomic mass is 10.1. The van der Waals surface area contributed by atoms with Crippen LogP contribution in [0.4, 0.5) is 0 Å². The van der Waals surface area contributed by atoms with Crippen molar-refractivity contribution in [3.63, 3.8) is 0 Å². The Kier molecular flexibility index (Phi) is 4.38. The van der Waals surface area contributed by atoms with Crippen LogP contribution in [0.2, 0.25) is 0 Å². The smallest absolute Gasteiger partial charge is 0.335 e. The van der Waals surface area contributed by atoms with Gasteiger partial charge in [-0.3, -0.25) is 0 Å². The monoisotopic (exact) mass is 318 g/mol. The molecular weight excluding hydrogens is 300 g/mol. The first-order valence-electron chi connectivity index (χ1n) is 7.76. The molecule has 0 bridgehead atoms. The molecule has 0 aliphatic heterocycles. The standard InChI is InChI=1S/C20H18N2O2/c1-13-5-3-4-6-15(9-13)18-7-8-21-19(22-18)16-10-14(2)11-17(12-16)20(23)24/h3-4,6-12H,5H2,1-2H3,(H,23,24). The molecule has 0 spiro atoms. The molecule has 0 radical (unpaired) electrons. The van der Waals surface area contributed by atoms with Crippen LogP contribution in [0.1, 0.15) is 35.0 Å². The first-order valence-corrected chi connectivity index (χ1v) is 7.76. The summed E-state index contributed by atoms with van der Waals surface area (Å²) in [5.41, 5.74) is 4.93. The third kappa shape index (κ3) is 3.49. The van der Waals surface area contributed by atoms with Gasteiger partial charge in [0.2, 0.25) is 0 Å². The van der Waals surface area contributed by atoms with E-state index in [-0.39, 0.29) is 5.56 Å². The number of hydrogen-bond acceptors (Lipinski definition) is 3. The highest BCUT2D eigenvalue weighted by Crippen LogP contribution is 2.23. The van der Waals surface area contributed by atoms with E-state index in [1.54, 1.807) is 18.3 Å². The molecule has 0 fully saturated rings. The summed E-state index contributed by atoms with van der Waals surface area (Å²) in [4.78, 5) is 20.2. The zero-order valence-electron chi connectivity index (χ0n) is 13.7. The summed E-state index contributed by atoms with van der Waals surface area (Å²) in [5.74, 6) is -0.426. The van der Waals surface area contributed by atoms with Crippen molar-refractivity contribution in [3.05, 3.63) is 77.2 Å². The third-order valence-electron chi connectivity index (χ3n) is 3.79. The van der Waals surface area contributed by atoms with E-state index in [4.69, 9.17) is 0 Å². The molecule has 1 aliphatic carbocycles. The van der Waals surface area contributed by atoms with Crippen LogP contribution in [0.5, 0.6) is 0 Å². The van der Waals surface area contributed by atoms with Gasteiger partial charge in [0.1, 0.15) is 0 Å². The second-order valence-electron chi connectivity index (χ2n) is 5.90. The van der Waals surface area contributed by atoms with Crippen molar-refractivity contribution in [2.45, 2.75) is 20.3 Å². The maximum atomic E-state index is 11.3. The molecule has 1 aromatic carbocycles. The van der Waals surface area contributed by atoms with Crippen molar-refractivity contribution in [2.24, 2.45) is 0 Å². The predicted octanol–water partition coefficient (Wildman–Crippen LogP) is 4.44. The Bertz CT molecular complexity index is 892. The Labute approximate surface area is 140 Å². The molecular formula is C20H18N2O2. The number of allylic oxidation sites excluding steroid dienone is 6. The van der Waals surface area contributed by atoms with Crippen molar-refractivity contribution in [3.8, 4) is 11.4 Å². The highest BCUT2D eigenvalue weighted by Gasteiger charge is 2.10. The van der Waals surface area contributed by atoms with E-state index in [2.05, 4.69) is 29.0 Å². The van der Waals surface area contributed by atoms with Gasteiger partial charge in [-0.05, 0) is 50.1 Å². The minimum Gasteiger partial charge on any atom is -0.478 e. The van der Waals surface area contributed by atoms with Crippen LogP contribution < -0.4 is 0 Å². The van der Waals surface area contributed by atoms with Crippen LogP contribution >= 0.6 is 0 Å². The lowest BCUT2D eigenvalue weighted by Crippen LogP contribution is -1.99. The summed E-state index contributed by atoms with van der Waals surface area (Å²) in [7, 11) is 0. The Morgan fingerprint density at radius 3 is 2.83 bits per heavy atom. The Hall–Kier alpha value is -3.01. The molecule has 0 unspecified atom stereocenters. The van der Waals surface area contributed by atoms with E-state index in [1.807, 2.05) is 31.2 Å². The molecule has 3 rings (SSSR count). The van der Waals surface area contributed by atoms with Gasteiger partial charge in [-0.15, -0.1) is 0 Å². The maximum Gasteiger partial charge on any atom is 0.335 e. The molecule has 4 heteroatoms. The second kappa shape index (κ2) is 6.62. The van der Waals surface area contributed by atoms with Gasteiger partial charge in [0, 0.05) is 17.3 Å². The van der Waals surface area contributed by atoms with Crippen LogP contribution in [0.15, 0.2) is 60.3 Å². The number of rotatable bonds is 3. The molecule has 0 amide bonds. The number of carboxylic acids is 1. The lowest BCUT2D eigenvalue weighted by Gasteiger charge is -2.07. The fourth-order valence-electron chi connectivity index (χ4n) is 2.65. The highest BCUT2D eigenvalue weighted by atomic mass is 16.4. The van der Waals surface area contributed by atoms with E-state index < -0.39 is 5.97 Å². The van der Waals surface area contributed by atoms with Gasteiger partial charge in [0.25, 0.3) is 0 Å². The normalized spacial score (nSPS) is 13.9. The number of aromatic nitrogens is 2. The van der Waals surface area contributed by atoms with E-state index in [9.17, 15) is 9.90 Å². The van der Waals surface area contributed by atoms with Crippen LogP contribution in [-0.4, -0.2) is 21.0 Å². The average molecular weight is 318 g/mol. The highest BCUT2D eigenvalue weighted by molar-refractivity contribution is 5.89. The summed E-state index contributed by atoms with van der Waals surface area (Å²) in [5, 5.41) is 9.23. The van der Waals surface area contributed by atoms with Gasteiger partial charge in [0.05, 0.1) is 11.3 Å². The molecule has 2 aromatic rings. The summed E-state index contributed by atoms with van der Waals surface area (Å²) in [6, 6.07) is 7.01. The fraction of sp³-hybridized carbons (Fsp3) is 0.150. The first-order chi connectivity index (χ1) is 11.5. The van der Waals surface area contributed by atoms with Gasteiger partial charge in [-0.1, -0.05) is 29.9 Å². The number of hydrogen-bond donors (Lipinski definition) is 1. The van der Waals surface area contributed by atoms with Gasteiger partial charge >= 0.3 is 5.97 Å². The summed E-state index contributed by atoms with van der Waals surface area (Å²) in [6.07, 6.45) is 10.9. The van der Waals surface area contributed by atoms with Crippen LogP contribution in [0, 0.1) is 6.92 Å². The van der Waals surface area contributed by atoms with E-state index >= 15 is 0 Å². The number of carboxylic acid groups (broad SMARTS) is 1. The minimum absolute atomic E-state index is 0.242. The van der Waals surface area contributed by atoms with E-state index in [0.717, 1.165) is 23.3 Å². The zero-order valence-corrected chi connectivity index (χ0v) is 13.7.